The summed E-state index contributed by atoms with van der Waals surface area (Å²) in [6.45, 7) is 4.63. The first-order valence-corrected chi connectivity index (χ1v) is 10.9. The minimum absolute atomic E-state index is 0.241. The van der Waals surface area contributed by atoms with E-state index in [1.165, 1.54) is 30.5 Å². The monoisotopic (exact) mass is 413 g/mol. The van der Waals surface area contributed by atoms with Crippen LogP contribution in [-0.2, 0) is 15.3 Å². The van der Waals surface area contributed by atoms with Gasteiger partial charge in [-0.1, -0.05) is 18.2 Å². The predicted octanol–water partition coefficient (Wildman–Crippen LogP) is 4.41. The molecule has 0 bridgehead atoms. The fraction of sp³-hybridized carbons (Fsp3) is 0.500. The Labute approximate surface area is 176 Å². The van der Waals surface area contributed by atoms with Crippen molar-refractivity contribution in [3.8, 4) is 11.5 Å². The third-order valence-corrected chi connectivity index (χ3v) is 6.39. The molecule has 1 unspecified atom stereocenters. The number of rotatable bonds is 6. The van der Waals surface area contributed by atoms with E-state index in [1.807, 2.05) is 6.07 Å². The van der Waals surface area contributed by atoms with E-state index in [1.54, 1.807) is 12.1 Å². The van der Waals surface area contributed by atoms with E-state index < -0.39 is 5.79 Å². The average molecular weight is 413 g/mol. The first kappa shape index (κ1) is 19.8. The smallest absolute Gasteiger partial charge is 0.231 e. The molecule has 2 aromatic rings. The van der Waals surface area contributed by atoms with Crippen LogP contribution < -0.4 is 9.47 Å². The van der Waals surface area contributed by atoms with Crippen molar-refractivity contribution in [3.63, 3.8) is 0 Å². The summed E-state index contributed by atoms with van der Waals surface area (Å²) in [5.41, 5.74) is 2.23. The largest absolute Gasteiger partial charge is 0.454 e. The molecular formula is C24H28FNO4. The van der Waals surface area contributed by atoms with Crippen molar-refractivity contribution in [2.75, 3.05) is 39.6 Å². The number of ether oxygens (including phenoxy) is 4. The van der Waals surface area contributed by atoms with Gasteiger partial charge in [0.05, 0.1) is 13.2 Å². The van der Waals surface area contributed by atoms with Gasteiger partial charge in [-0.3, -0.25) is 0 Å². The number of benzene rings is 2. The third-order valence-electron chi connectivity index (χ3n) is 6.39. The highest BCUT2D eigenvalue weighted by atomic mass is 19.1. The van der Waals surface area contributed by atoms with Gasteiger partial charge >= 0.3 is 0 Å². The summed E-state index contributed by atoms with van der Waals surface area (Å²) in [6.07, 6.45) is 4.12. The molecule has 0 N–H and O–H groups in total. The number of hydrogen-bond donors (Lipinski definition) is 0. The van der Waals surface area contributed by atoms with E-state index in [9.17, 15) is 4.39 Å². The average Bonchev–Trinajstić information content (AvgIpc) is 3.44. The highest BCUT2D eigenvalue weighted by molar-refractivity contribution is 5.45. The van der Waals surface area contributed by atoms with Crippen molar-refractivity contribution in [2.24, 2.45) is 0 Å². The zero-order valence-corrected chi connectivity index (χ0v) is 17.1. The normalized spacial score (nSPS) is 23.0. The Bertz CT molecular complexity index is 866. The molecule has 5 rings (SSSR count). The maximum Gasteiger partial charge on any atom is 0.231 e. The second-order valence-electron chi connectivity index (χ2n) is 8.31. The summed E-state index contributed by atoms with van der Waals surface area (Å²) in [5, 5.41) is 0. The van der Waals surface area contributed by atoms with Crippen LogP contribution in [0.2, 0.25) is 0 Å². The Kier molecular flexibility index (Phi) is 5.63. The molecule has 2 aromatic carbocycles. The van der Waals surface area contributed by atoms with Crippen LogP contribution in [0.3, 0.4) is 0 Å². The van der Waals surface area contributed by atoms with Crippen molar-refractivity contribution in [1.82, 2.24) is 4.90 Å². The lowest BCUT2D eigenvalue weighted by Crippen LogP contribution is -2.36. The van der Waals surface area contributed by atoms with Gasteiger partial charge in [0.15, 0.2) is 17.3 Å². The van der Waals surface area contributed by atoms with Gasteiger partial charge in [0, 0.05) is 18.5 Å². The summed E-state index contributed by atoms with van der Waals surface area (Å²) >= 11 is 0. The molecule has 0 spiro atoms. The lowest BCUT2D eigenvalue weighted by atomic mass is 9.90. The molecule has 0 radical (unpaired) electrons. The van der Waals surface area contributed by atoms with Gasteiger partial charge in [0.2, 0.25) is 6.79 Å². The van der Waals surface area contributed by atoms with Crippen LogP contribution >= 0.6 is 0 Å². The van der Waals surface area contributed by atoms with Crippen molar-refractivity contribution < 1.29 is 23.3 Å². The van der Waals surface area contributed by atoms with Crippen molar-refractivity contribution in [1.29, 1.82) is 0 Å². The van der Waals surface area contributed by atoms with Gasteiger partial charge in [-0.15, -0.1) is 0 Å². The second kappa shape index (κ2) is 8.53. The molecule has 1 atom stereocenters. The van der Waals surface area contributed by atoms with Crippen molar-refractivity contribution in [3.05, 3.63) is 59.4 Å². The minimum atomic E-state index is -0.736. The molecule has 3 aliphatic heterocycles. The molecule has 2 fully saturated rings. The molecule has 0 aliphatic carbocycles. The maximum absolute atomic E-state index is 13.3. The Morgan fingerprint density at radius 2 is 1.80 bits per heavy atom. The molecule has 3 heterocycles. The quantitative estimate of drug-likeness (QED) is 0.701. The van der Waals surface area contributed by atoms with Crippen LogP contribution in [0.1, 0.15) is 42.7 Å². The van der Waals surface area contributed by atoms with Crippen LogP contribution in [0.4, 0.5) is 4.39 Å². The summed E-state index contributed by atoms with van der Waals surface area (Å²) in [7, 11) is 0. The van der Waals surface area contributed by atoms with Crippen LogP contribution in [0.5, 0.6) is 11.5 Å². The Morgan fingerprint density at radius 3 is 2.63 bits per heavy atom. The molecule has 0 aromatic heterocycles. The Balaban J connectivity index is 1.19. The van der Waals surface area contributed by atoms with E-state index in [0.717, 1.165) is 49.5 Å². The summed E-state index contributed by atoms with van der Waals surface area (Å²) in [4.78, 5) is 2.53. The van der Waals surface area contributed by atoms with Gasteiger partial charge in [0.1, 0.15) is 5.82 Å². The molecule has 5 nitrogen and oxygen atoms in total. The van der Waals surface area contributed by atoms with E-state index >= 15 is 0 Å². The standard InChI is InChI=1S/C24H28FNO4/c25-21-7-5-20(6-8-21)24(29-13-14-30-24)10-2-12-26-11-1-3-19(16-26)18-4-9-22-23(15-18)28-17-27-22/h4-9,15,19H,1-3,10-14,16-17H2. The van der Waals surface area contributed by atoms with Crippen LogP contribution in [0.25, 0.3) is 0 Å². The fourth-order valence-electron chi connectivity index (χ4n) is 4.85. The van der Waals surface area contributed by atoms with Crippen molar-refractivity contribution >= 4 is 0 Å². The zero-order valence-electron chi connectivity index (χ0n) is 17.1. The molecule has 6 heteroatoms. The van der Waals surface area contributed by atoms with Gasteiger partial charge in [-0.05, 0) is 68.1 Å². The summed E-state index contributed by atoms with van der Waals surface area (Å²) in [5.74, 6) is 1.24. The number of piperidine rings is 1. The lowest BCUT2D eigenvalue weighted by molar-refractivity contribution is -0.172. The molecule has 2 saturated heterocycles. The van der Waals surface area contributed by atoms with E-state index in [-0.39, 0.29) is 5.82 Å². The third kappa shape index (κ3) is 4.04. The van der Waals surface area contributed by atoms with Crippen LogP contribution in [-0.4, -0.2) is 44.5 Å². The molecule has 30 heavy (non-hydrogen) atoms. The lowest BCUT2D eigenvalue weighted by Gasteiger charge is -2.34. The van der Waals surface area contributed by atoms with E-state index in [0.29, 0.717) is 25.9 Å². The topological polar surface area (TPSA) is 40.2 Å². The molecule has 3 aliphatic rings. The summed E-state index contributed by atoms with van der Waals surface area (Å²) < 4.78 is 36.3. The molecule has 0 saturated carbocycles. The van der Waals surface area contributed by atoms with E-state index in [2.05, 4.69) is 17.0 Å². The molecule has 160 valence electrons. The second-order valence-corrected chi connectivity index (χ2v) is 8.31. The highest BCUT2D eigenvalue weighted by Crippen LogP contribution is 2.38. The zero-order chi connectivity index (χ0) is 20.4. The first-order valence-electron chi connectivity index (χ1n) is 10.9. The van der Waals surface area contributed by atoms with Gasteiger partial charge in [-0.25, -0.2) is 4.39 Å². The van der Waals surface area contributed by atoms with Gasteiger partial charge < -0.3 is 23.8 Å². The van der Waals surface area contributed by atoms with Crippen LogP contribution in [0, 0.1) is 5.82 Å². The van der Waals surface area contributed by atoms with Gasteiger partial charge in [0.25, 0.3) is 0 Å². The highest BCUT2D eigenvalue weighted by Gasteiger charge is 2.38. The Morgan fingerprint density at radius 1 is 1.00 bits per heavy atom. The predicted molar refractivity (Wildman–Crippen MR) is 110 cm³/mol. The minimum Gasteiger partial charge on any atom is -0.454 e. The van der Waals surface area contributed by atoms with Crippen molar-refractivity contribution in [2.45, 2.75) is 37.4 Å². The molecule has 0 amide bonds. The first-order chi connectivity index (χ1) is 14.7. The Hall–Kier alpha value is -2.15. The number of halogens is 1. The van der Waals surface area contributed by atoms with Gasteiger partial charge in [-0.2, -0.15) is 0 Å². The van der Waals surface area contributed by atoms with Crippen LogP contribution in [0.15, 0.2) is 42.5 Å². The molecular weight excluding hydrogens is 385 g/mol. The SMILES string of the molecule is Fc1ccc(C2(CCCN3CCCC(c4ccc5c(c4)OCO5)C3)OCCO2)cc1. The summed E-state index contributed by atoms with van der Waals surface area (Å²) in [6, 6.07) is 12.8. The number of nitrogens with zero attached hydrogens (tertiary/aromatic N) is 1. The maximum atomic E-state index is 13.3. The number of likely N-dealkylation sites (tertiary alicyclic amines) is 1. The number of fused-ring (bicyclic) bond motifs is 1. The fourth-order valence-corrected chi connectivity index (χ4v) is 4.85. The van der Waals surface area contributed by atoms with E-state index in [4.69, 9.17) is 18.9 Å². The number of hydrogen-bond acceptors (Lipinski definition) is 5.